The van der Waals surface area contributed by atoms with Crippen LogP contribution in [0.4, 0.5) is 0 Å². The van der Waals surface area contributed by atoms with Gasteiger partial charge in [-0.25, -0.2) is 4.79 Å². The normalized spacial score (nSPS) is 35.3. The molecule has 0 spiro atoms. The van der Waals surface area contributed by atoms with Gasteiger partial charge in [0.15, 0.2) is 5.60 Å². The lowest BCUT2D eigenvalue weighted by Gasteiger charge is -2.33. The van der Waals surface area contributed by atoms with E-state index in [1.54, 1.807) is 0 Å². The summed E-state index contributed by atoms with van der Waals surface area (Å²) in [6.07, 6.45) is -0.899. The van der Waals surface area contributed by atoms with Gasteiger partial charge in [0.1, 0.15) is 0 Å². The first-order valence-electron chi connectivity index (χ1n) is 3.42. The average molecular weight is 198 g/mol. The molecule has 1 heterocycles. The number of carbonyl (C=O) groups is 1. The highest BCUT2D eigenvalue weighted by Gasteiger charge is 2.45. The van der Waals surface area contributed by atoms with Crippen molar-refractivity contribution in [1.82, 2.24) is 5.32 Å². The van der Waals surface area contributed by atoms with Crippen molar-refractivity contribution < 1.29 is 20.1 Å². The quantitative estimate of drug-likeness (QED) is 0.414. The average Bonchev–Trinajstić information content (AvgIpc) is 1.95. The van der Waals surface area contributed by atoms with E-state index in [1.807, 2.05) is 0 Å². The van der Waals surface area contributed by atoms with Gasteiger partial charge >= 0.3 is 5.97 Å². The van der Waals surface area contributed by atoms with E-state index in [-0.39, 0.29) is 25.4 Å². The first kappa shape index (κ1) is 11.6. The topological polar surface area (TPSA) is 89.8 Å². The van der Waals surface area contributed by atoms with Crippen LogP contribution >= 0.6 is 12.4 Å². The number of nitrogens with one attached hydrogen (secondary N) is 1. The van der Waals surface area contributed by atoms with Gasteiger partial charge in [0, 0.05) is 6.54 Å². The Kier molecular flexibility index (Phi) is 3.92. The van der Waals surface area contributed by atoms with Crippen LogP contribution in [0.5, 0.6) is 0 Å². The molecule has 0 aromatic carbocycles. The van der Waals surface area contributed by atoms with Gasteiger partial charge < -0.3 is 20.6 Å². The second-order valence-electron chi connectivity index (χ2n) is 2.71. The van der Waals surface area contributed by atoms with Gasteiger partial charge in [0.25, 0.3) is 0 Å². The molecule has 1 fully saturated rings. The minimum Gasteiger partial charge on any atom is -0.479 e. The number of aliphatic carboxylic acids is 1. The van der Waals surface area contributed by atoms with E-state index in [0.29, 0.717) is 6.54 Å². The first-order chi connectivity index (χ1) is 5.07. The predicted molar refractivity (Wildman–Crippen MR) is 43.3 cm³/mol. The molecule has 6 heteroatoms. The fourth-order valence-electron chi connectivity index (χ4n) is 1.09. The molecular formula is C6H12ClNO4. The first-order valence-corrected chi connectivity index (χ1v) is 3.42. The SMILES string of the molecule is Cl.O=C(O)[C@@]1(O)CNCC[C@@H]1O. The summed E-state index contributed by atoms with van der Waals surface area (Å²) >= 11 is 0. The van der Waals surface area contributed by atoms with Crippen LogP contribution in [0.15, 0.2) is 0 Å². The number of hydrogen-bond acceptors (Lipinski definition) is 4. The fraction of sp³-hybridized carbons (Fsp3) is 0.833. The zero-order valence-electron chi connectivity index (χ0n) is 6.36. The van der Waals surface area contributed by atoms with Gasteiger partial charge in [-0.1, -0.05) is 0 Å². The number of β-amino-alcohol motifs (C(OH)–C–C–N with tert-alkyl or cyclic N) is 1. The third-order valence-electron chi connectivity index (χ3n) is 1.91. The van der Waals surface area contributed by atoms with E-state index in [2.05, 4.69) is 5.32 Å². The van der Waals surface area contributed by atoms with Crippen molar-refractivity contribution in [1.29, 1.82) is 0 Å². The number of aliphatic hydroxyl groups is 2. The number of carboxylic acids is 1. The van der Waals surface area contributed by atoms with E-state index in [0.717, 1.165) is 0 Å². The highest BCUT2D eigenvalue weighted by Crippen LogP contribution is 2.16. The molecule has 0 amide bonds. The molecule has 0 bridgehead atoms. The number of piperidine rings is 1. The van der Waals surface area contributed by atoms with Crippen molar-refractivity contribution in [3.8, 4) is 0 Å². The highest BCUT2D eigenvalue weighted by atomic mass is 35.5. The molecule has 1 aliphatic rings. The van der Waals surface area contributed by atoms with Gasteiger partial charge in [-0.2, -0.15) is 0 Å². The summed E-state index contributed by atoms with van der Waals surface area (Å²) in [7, 11) is 0. The van der Waals surface area contributed by atoms with Crippen LogP contribution in [-0.2, 0) is 4.79 Å². The monoisotopic (exact) mass is 197 g/mol. The zero-order chi connectivity index (χ0) is 8.48. The van der Waals surface area contributed by atoms with Crippen LogP contribution < -0.4 is 5.32 Å². The van der Waals surface area contributed by atoms with Crippen molar-refractivity contribution >= 4 is 18.4 Å². The molecule has 1 aliphatic heterocycles. The lowest BCUT2D eigenvalue weighted by atomic mass is 9.91. The van der Waals surface area contributed by atoms with Gasteiger partial charge in [0.05, 0.1) is 6.10 Å². The highest BCUT2D eigenvalue weighted by molar-refractivity contribution is 5.85. The molecule has 72 valence electrons. The Hall–Kier alpha value is -0.360. The van der Waals surface area contributed by atoms with Crippen molar-refractivity contribution in [3.05, 3.63) is 0 Å². The van der Waals surface area contributed by atoms with Crippen LogP contribution in [0.25, 0.3) is 0 Å². The molecule has 2 atom stereocenters. The number of aliphatic hydroxyl groups excluding tert-OH is 1. The Morgan fingerprint density at radius 1 is 1.58 bits per heavy atom. The van der Waals surface area contributed by atoms with Gasteiger partial charge in [-0.15, -0.1) is 12.4 Å². The van der Waals surface area contributed by atoms with Crippen LogP contribution in [0.3, 0.4) is 0 Å². The van der Waals surface area contributed by atoms with E-state index >= 15 is 0 Å². The van der Waals surface area contributed by atoms with Gasteiger partial charge in [0.2, 0.25) is 0 Å². The van der Waals surface area contributed by atoms with E-state index in [9.17, 15) is 9.90 Å². The Morgan fingerprint density at radius 3 is 2.50 bits per heavy atom. The summed E-state index contributed by atoms with van der Waals surface area (Å²) in [5.41, 5.74) is -2.00. The van der Waals surface area contributed by atoms with Crippen LogP contribution in [0.2, 0.25) is 0 Å². The molecule has 0 radical (unpaired) electrons. The molecule has 4 N–H and O–H groups in total. The summed E-state index contributed by atoms with van der Waals surface area (Å²) < 4.78 is 0. The minimum atomic E-state index is -2.00. The number of hydrogen-bond donors (Lipinski definition) is 4. The maximum atomic E-state index is 10.4. The zero-order valence-corrected chi connectivity index (χ0v) is 7.17. The predicted octanol–water partition coefficient (Wildman–Crippen LogP) is -1.42. The number of carboxylic acid groups (broad SMARTS) is 1. The maximum absolute atomic E-state index is 10.4. The molecular weight excluding hydrogens is 186 g/mol. The molecule has 12 heavy (non-hydrogen) atoms. The Labute approximate surface area is 75.8 Å². The maximum Gasteiger partial charge on any atom is 0.339 e. The molecule has 0 aliphatic carbocycles. The van der Waals surface area contributed by atoms with E-state index < -0.39 is 17.7 Å². The largest absolute Gasteiger partial charge is 0.479 e. The standard InChI is InChI=1S/C6H11NO4.ClH/c8-4-1-2-7-3-6(4,11)5(9)10;/h4,7-8,11H,1-3H2,(H,9,10);1H/t4-,6+;/m0./s1. The molecule has 0 aromatic rings. The fourth-order valence-corrected chi connectivity index (χ4v) is 1.09. The smallest absolute Gasteiger partial charge is 0.339 e. The van der Waals surface area contributed by atoms with Crippen LogP contribution in [0, 0.1) is 0 Å². The van der Waals surface area contributed by atoms with Crippen LogP contribution in [-0.4, -0.2) is 46.1 Å². The van der Waals surface area contributed by atoms with Crippen molar-refractivity contribution in [3.63, 3.8) is 0 Å². The Balaban J connectivity index is 0.00000121. The van der Waals surface area contributed by atoms with E-state index in [4.69, 9.17) is 10.2 Å². The van der Waals surface area contributed by atoms with Crippen LogP contribution in [0.1, 0.15) is 6.42 Å². The summed E-state index contributed by atoms with van der Waals surface area (Å²) in [5, 5.41) is 29.6. The summed E-state index contributed by atoms with van der Waals surface area (Å²) in [6.45, 7) is 0.445. The van der Waals surface area contributed by atoms with Crippen molar-refractivity contribution in [2.24, 2.45) is 0 Å². The molecule has 0 unspecified atom stereocenters. The molecule has 1 saturated heterocycles. The van der Waals surface area contributed by atoms with E-state index in [1.165, 1.54) is 0 Å². The lowest BCUT2D eigenvalue weighted by Crippen LogP contribution is -2.60. The minimum absolute atomic E-state index is 0. The molecule has 0 aromatic heterocycles. The summed E-state index contributed by atoms with van der Waals surface area (Å²) in [4.78, 5) is 10.4. The van der Waals surface area contributed by atoms with Crippen molar-refractivity contribution in [2.75, 3.05) is 13.1 Å². The van der Waals surface area contributed by atoms with Crippen molar-refractivity contribution in [2.45, 2.75) is 18.1 Å². The van der Waals surface area contributed by atoms with Gasteiger partial charge in [-0.05, 0) is 13.0 Å². The number of rotatable bonds is 1. The second kappa shape index (κ2) is 4.04. The number of halogens is 1. The molecule has 5 nitrogen and oxygen atoms in total. The Bertz CT molecular complexity index is 177. The lowest BCUT2D eigenvalue weighted by molar-refractivity contribution is -0.174. The summed E-state index contributed by atoms with van der Waals surface area (Å²) in [6, 6.07) is 0. The molecule has 0 saturated carbocycles. The third-order valence-corrected chi connectivity index (χ3v) is 1.91. The summed E-state index contributed by atoms with van der Waals surface area (Å²) in [5.74, 6) is -1.38. The molecule has 1 rings (SSSR count). The van der Waals surface area contributed by atoms with Gasteiger partial charge in [-0.3, -0.25) is 0 Å². The second-order valence-corrected chi connectivity index (χ2v) is 2.71. The third kappa shape index (κ3) is 1.87. The Morgan fingerprint density at radius 2 is 2.17 bits per heavy atom.